The Morgan fingerprint density at radius 3 is 1.37 bits per heavy atom. The summed E-state index contributed by atoms with van der Waals surface area (Å²) in [6, 6.07) is -1.52. The van der Waals surface area contributed by atoms with Gasteiger partial charge in [0, 0.05) is 0 Å². The van der Waals surface area contributed by atoms with Crippen LogP contribution in [0.15, 0.2) is 0 Å². The van der Waals surface area contributed by atoms with Crippen molar-refractivity contribution in [2.75, 3.05) is 0 Å². The van der Waals surface area contributed by atoms with Crippen LogP contribution in [0.4, 0.5) is 0 Å². The molecular weight excluding hydrogens is 435 g/mol. The normalized spacial score (nSPS) is 12.4. The van der Waals surface area contributed by atoms with Crippen LogP contribution >= 0.6 is 0 Å². The van der Waals surface area contributed by atoms with Gasteiger partial charge in [-0.25, -0.2) is 0 Å². The summed E-state index contributed by atoms with van der Waals surface area (Å²) in [4.78, 5) is 20.0. The minimum Gasteiger partial charge on any atom is 2.00 e. The Labute approximate surface area is 139 Å². The van der Waals surface area contributed by atoms with Crippen molar-refractivity contribution in [3.63, 3.8) is 0 Å². The molecule has 0 amide bonds. The maximum atomic E-state index is 9.98. The molecule has 9 heteroatoms. The first-order valence-electron chi connectivity index (χ1n) is 5.27. The van der Waals surface area contributed by atoms with E-state index in [4.69, 9.17) is 11.5 Å². The van der Waals surface area contributed by atoms with Gasteiger partial charge in [-0.05, 0) is 0 Å². The van der Waals surface area contributed by atoms with Crippen molar-refractivity contribution in [2.45, 2.75) is 47.2 Å². The molecule has 108 valence electrons. The Morgan fingerprint density at radius 2 is 1.21 bits per heavy atom. The molecule has 0 aliphatic carbocycles. The number of hydrogen-bond donors (Lipinski definition) is 2. The van der Waals surface area contributed by atoms with Gasteiger partial charge in [0.25, 0.3) is 0 Å². The zero-order valence-electron chi connectivity index (χ0n) is 11.3. The Bertz CT molecular complexity index is 224. The minimum atomic E-state index is -1.14. The Balaban J connectivity index is -0.000000256. The van der Waals surface area contributed by atoms with Crippen molar-refractivity contribution >= 4 is 41.9 Å². The van der Waals surface area contributed by atoms with E-state index in [1.807, 2.05) is 0 Å². The molecule has 6 nitrogen and oxygen atoms in total. The molecule has 0 unspecified atom stereocenters. The first kappa shape index (κ1) is 24.5. The van der Waals surface area contributed by atoms with Crippen molar-refractivity contribution in [3.05, 3.63) is 0 Å². The Hall–Kier alpha value is 0.522. The Kier molecular flexibility index (Phi) is 21.4. The fourth-order valence-corrected chi connectivity index (χ4v) is 2.78. The smallest absolute Gasteiger partial charge is 2.00 e. The van der Waals surface area contributed by atoms with Crippen molar-refractivity contribution in [2.24, 2.45) is 11.5 Å². The number of carbonyl (C=O) groups excluding carboxylic acids is 2. The largest absolute Gasteiger partial charge is 2.00 e. The Morgan fingerprint density at radius 1 is 0.947 bits per heavy atom. The van der Waals surface area contributed by atoms with Gasteiger partial charge in [0.2, 0.25) is 0 Å². The number of hydrogen-bond acceptors (Lipinski definition) is 6. The molecule has 0 spiro atoms. The van der Waals surface area contributed by atoms with Gasteiger partial charge in [0.1, 0.15) is 0 Å². The molecule has 19 heavy (non-hydrogen) atoms. The van der Waals surface area contributed by atoms with Crippen LogP contribution in [-0.2, 0) is 29.1 Å². The van der Waals surface area contributed by atoms with Gasteiger partial charge in [0.05, 0.1) is 0 Å². The molecule has 0 aromatic carbocycles. The van der Waals surface area contributed by atoms with Crippen molar-refractivity contribution in [3.8, 4) is 0 Å². The van der Waals surface area contributed by atoms with E-state index in [-0.39, 0.29) is 19.5 Å². The molecule has 0 saturated carbocycles. The predicted molar refractivity (Wildman–Crippen MR) is 68.0 cm³/mol. The van der Waals surface area contributed by atoms with E-state index in [0.29, 0.717) is 42.8 Å². The zero-order valence-corrected chi connectivity index (χ0v) is 17.7. The summed E-state index contributed by atoms with van der Waals surface area (Å²) in [5.74, 6) is 1.82. The summed E-state index contributed by atoms with van der Waals surface area (Å²) in [6.45, 7) is 0. The van der Waals surface area contributed by atoms with Gasteiger partial charge >= 0.3 is 140 Å². The fourth-order valence-electron chi connectivity index (χ4n) is 0.725. The molecule has 0 aliphatic heterocycles. The van der Waals surface area contributed by atoms with Gasteiger partial charge in [-0.3, -0.25) is 0 Å². The second-order valence-corrected chi connectivity index (χ2v) is 7.55. The van der Waals surface area contributed by atoms with Crippen LogP contribution in [-0.4, -0.2) is 53.9 Å². The molecule has 0 aromatic rings. The summed E-state index contributed by atoms with van der Waals surface area (Å²) < 4.78 is 0. The van der Waals surface area contributed by atoms with Crippen molar-refractivity contribution in [1.29, 1.82) is 0 Å². The van der Waals surface area contributed by atoms with Crippen molar-refractivity contribution in [1.82, 2.24) is 0 Å². The van der Waals surface area contributed by atoms with Crippen LogP contribution in [0.2, 0.25) is 22.3 Å². The average molecular weight is 456 g/mol. The number of carboxylic acid groups (broad SMARTS) is 2. The third kappa shape index (κ3) is 18.5. The van der Waals surface area contributed by atoms with Crippen LogP contribution in [0.1, 0.15) is 12.8 Å². The number of aliphatic carboxylic acids is 2. The molecule has 0 saturated heterocycles. The summed E-state index contributed by atoms with van der Waals surface area (Å²) in [7, 11) is 0. The van der Waals surface area contributed by atoms with E-state index in [2.05, 4.69) is 11.6 Å². The fraction of sp³-hybridized carbons (Fsp3) is 0.800. The maximum absolute atomic E-state index is 9.98. The van der Waals surface area contributed by atoms with E-state index in [1.165, 1.54) is 0 Å². The van der Waals surface area contributed by atoms with Gasteiger partial charge < -0.3 is 0 Å². The van der Waals surface area contributed by atoms with E-state index in [9.17, 15) is 19.8 Å². The standard InChI is InChI=1S/2C5H11NO2Se.Zn/c2*1-9-3-2-4(6)5(7)8;/h2*4H,2-3,6H2,1H3,(H,7,8);/q;;+2/p-2/t2*4-;/m00./s1. The molecule has 0 aromatic heterocycles. The molecular formula is C10H20N2O4Se2Zn. The van der Waals surface area contributed by atoms with E-state index < -0.39 is 24.0 Å². The number of rotatable bonds is 8. The average Bonchev–Trinajstić information content (AvgIpc) is 2.33. The van der Waals surface area contributed by atoms with E-state index in [0.717, 1.165) is 10.6 Å². The molecule has 0 bridgehead atoms. The summed E-state index contributed by atoms with van der Waals surface area (Å²) in [6.07, 6.45) is 1.11. The summed E-state index contributed by atoms with van der Waals surface area (Å²) in [5.41, 5.74) is 10.3. The first-order chi connectivity index (χ1) is 8.36. The molecule has 2 atom stereocenters. The molecule has 0 rings (SSSR count). The topological polar surface area (TPSA) is 132 Å². The van der Waals surface area contributed by atoms with Crippen LogP contribution in [0.5, 0.6) is 0 Å². The van der Waals surface area contributed by atoms with Crippen LogP contribution in [0.3, 0.4) is 0 Å². The number of carbonyl (C=O) groups is 2. The maximum Gasteiger partial charge on any atom is 2.00 e. The number of carboxylic acids is 2. The molecule has 4 N–H and O–H groups in total. The third-order valence-corrected chi connectivity index (χ3v) is 4.57. The number of nitrogens with two attached hydrogens (primary N) is 2. The summed E-state index contributed by atoms with van der Waals surface area (Å²) >= 11 is 1.04. The van der Waals surface area contributed by atoms with Gasteiger partial charge in [0.15, 0.2) is 0 Å². The first-order valence-corrected chi connectivity index (χ1v) is 11.1. The monoisotopic (exact) mass is 456 g/mol. The summed E-state index contributed by atoms with van der Waals surface area (Å²) in [5, 5.41) is 21.8. The SMILES string of the molecule is C[Se]CC[C@H](N)C(=O)[O-].C[Se]CC[C@H](N)C(=O)[O-].[Zn+2]. The van der Waals surface area contributed by atoms with Crippen LogP contribution in [0.25, 0.3) is 0 Å². The third-order valence-electron chi connectivity index (χ3n) is 1.87. The zero-order chi connectivity index (χ0) is 14.6. The quantitative estimate of drug-likeness (QED) is 0.381. The van der Waals surface area contributed by atoms with E-state index in [1.54, 1.807) is 0 Å². The molecule has 0 radical (unpaired) electrons. The van der Waals surface area contributed by atoms with Crippen LogP contribution in [0, 0.1) is 0 Å². The van der Waals surface area contributed by atoms with Crippen molar-refractivity contribution < 1.29 is 39.3 Å². The second kappa shape index (κ2) is 16.6. The van der Waals surface area contributed by atoms with Gasteiger partial charge in [-0.1, -0.05) is 0 Å². The molecule has 0 aliphatic rings. The van der Waals surface area contributed by atoms with Gasteiger partial charge in [-0.15, -0.1) is 0 Å². The van der Waals surface area contributed by atoms with Crippen LogP contribution < -0.4 is 21.7 Å². The van der Waals surface area contributed by atoms with Gasteiger partial charge in [-0.2, -0.15) is 0 Å². The second-order valence-electron chi connectivity index (χ2n) is 3.41. The predicted octanol–water partition coefficient (Wildman–Crippen LogP) is -2.75. The van der Waals surface area contributed by atoms with E-state index >= 15 is 0 Å². The molecule has 0 heterocycles. The molecule has 0 fully saturated rings. The minimum absolute atomic E-state index is 0.